The van der Waals surface area contributed by atoms with E-state index in [9.17, 15) is 22.7 Å². The molecular weight excluding hydrogens is 288 g/mol. The number of hydrogen-bond acceptors (Lipinski definition) is 2. The van der Waals surface area contributed by atoms with Gasteiger partial charge < -0.3 is 5.11 Å². The molecule has 1 unspecified atom stereocenters. The number of aliphatic hydroxyl groups is 1. The van der Waals surface area contributed by atoms with Gasteiger partial charge in [-0.3, -0.25) is 4.68 Å². The van der Waals surface area contributed by atoms with Gasteiger partial charge in [0, 0.05) is 19.2 Å². The lowest BCUT2D eigenvalue weighted by molar-refractivity contribution is -0.140. The summed E-state index contributed by atoms with van der Waals surface area (Å²) in [6, 6.07) is 2.51. The minimum Gasteiger partial charge on any atom is -0.388 e. The summed E-state index contributed by atoms with van der Waals surface area (Å²) in [5, 5.41) is 14.0. The van der Waals surface area contributed by atoms with Crippen LogP contribution >= 0.6 is 0 Å². The number of hydrogen-bond donors (Lipinski definition) is 1. The maximum atomic E-state index is 13.2. The third-order valence-corrected chi connectivity index (χ3v) is 3.12. The summed E-state index contributed by atoms with van der Waals surface area (Å²) < 4.78 is 52.7. The van der Waals surface area contributed by atoms with E-state index in [0.717, 1.165) is 12.1 Å². The smallest absolute Gasteiger partial charge is 0.388 e. The highest BCUT2D eigenvalue weighted by molar-refractivity contribution is 5.29. The Labute approximate surface area is 118 Å². The first-order chi connectivity index (χ1) is 9.81. The fraction of sp³-hybridized carbons (Fsp3) is 0.357. The van der Waals surface area contributed by atoms with Crippen LogP contribution in [0.3, 0.4) is 0 Å². The van der Waals surface area contributed by atoms with Gasteiger partial charge in [-0.15, -0.1) is 0 Å². The maximum absolute atomic E-state index is 13.2. The number of alkyl halides is 3. The van der Waals surface area contributed by atoms with Crippen molar-refractivity contribution in [2.24, 2.45) is 0 Å². The molecule has 7 heteroatoms. The number of benzene rings is 1. The standard InChI is InChI=1S/C14H14F4N2O/c1-2-20-8-9(7-19-20)5-13(21)10-3-4-12(15)11(6-10)14(16,17)18/h3-4,6-8,13,21H,2,5H2,1H3. The molecule has 114 valence electrons. The molecule has 0 aliphatic rings. The second kappa shape index (κ2) is 5.85. The zero-order valence-corrected chi connectivity index (χ0v) is 11.2. The highest BCUT2D eigenvalue weighted by atomic mass is 19.4. The molecule has 2 aromatic rings. The van der Waals surface area contributed by atoms with Crippen molar-refractivity contribution in [1.29, 1.82) is 0 Å². The average Bonchev–Trinajstić information content (AvgIpc) is 2.85. The monoisotopic (exact) mass is 302 g/mol. The molecule has 0 amide bonds. The van der Waals surface area contributed by atoms with E-state index in [4.69, 9.17) is 0 Å². The van der Waals surface area contributed by atoms with E-state index < -0.39 is 23.7 Å². The summed E-state index contributed by atoms with van der Waals surface area (Å²) >= 11 is 0. The largest absolute Gasteiger partial charge is 0.419 e. The highest BCUT2D eigenvalue weighted by Gasteiger charge is 2.34. The molecule has 3 nitrogen and oxygen atoms in total. The Balaban J connectivity index is 2.21. The predicted molar refractivity (Wildman–Crippen MR) is 68.0 cm³/mol. The molecule has 2 rings (SSSR count). The summed E-state index contributed by atoms with van der Waals surface area (Å²) in [6.07, 6.45) is -2.57. The van der Waals surface area contributed by atoms with E-state index in [1.807, 2.05) is 6.92 Å². The summed E-state index contributed by atoms with van der Waals surface area (Å²) in [7, 11) is 0. The van der Waals surface area contributed by atoms with E-state index in [1.54, 1.807) is 17.1 Å². The topological polar surface area (TPSA) is 38.0 Å². The number of nitrogens with zero attached hydrogens (tertiary/aromatic N) is 2. The van der Waals surface area contributed by atoms with Gasteiger partial charge >= 0.3 is 6.18 Å². The van der Waals surface area contributed by atoms with Gasteiger partial charge in [-0.25, -0.2) is 4.39 Å². The number of aryl methyl sites for hydroxylation is 1. The molecule has 0 bridgehead atoms. The SMILES string of the molecule is CCn1cc(CC(O)c2ccc(F)c(C(F)(F)F)c2)cn1. The van der Waals surface area contributed by atoms with Gasteiger partial charge in [-0.2, -0.15) is 18.3 Å². The van der Waals surface area contributed by atoms with Crippen molar-refractivity contribution in [3.05, 3.63) is 53.1 Å². The molecule has 1 atom stereocenters. The quantitative estimate of drug-likeness (QED) is 0.880. The van der Waals surface area contributed by atoms with Crippen LogP contribution < -0.4 is 0 Å². The molecule has 0 fully saturated rings. The van der Waals surface area contributed by atoms with E-state index in [0.29, 0.717) is 18.2 Å². The van der Waals surface area contributed by atoms with Gasteiger partial charge in [0.2, 0.25) is 0 Å². The molecule has 0 saturated heterocycles. The van der Waals surface area contributed by atoms with E-state index in [1.165, 1.54) is 0 Å². The number of halogens is 4. The first-order valence-corrected chi connectivity index (χ1v) is 6.37. The normalized spacial score (nSPS) is 13.4. The lowest BCUT2D eigenvalue weighted by atomic mass is 10.0. The Morgan fingerprint density at radius 1 is 1.33 bits per heavy atom. The van der Waals surface area contributed by atoms with Crippen molar-refractivity contribution in [1.82, 2.24) is 9.78 Å². The molecule has 21 heavy (non-hydrogen) atoms. The van der Waals surface area contributed by atoms with Crippen LogP contribution in [0.25, 0.3) is 0 Å². The lowest BCUT2D eigenvalue weighted by Crippen LogP contribution is -2.10. The fourth-order valence-electron chi connectivity index (χ4n) is 1.99. The van der Waals surface area contributed by atoms with Gasteiger partial charge in [0.25, 0.3) is 0 Å². The van der Waals surface area contributed by atoms with Crippen LogP contribution in [0.2, 0.25) is 0 Å². The molecule has 0 aliphatic heterocycles. The number of aliphatic hydroxyl groups excluding tert-OH is 1. The number of aromatic nitrogens is 2. The van der Waals surface area contributed by atoms with Crippen molar-refractivity contribution < 1.29 is 22.7 Å². The second-order valence-electron chi connectivity index (χ2n) is 4.66. The van der Waals surface area contributed by atoms with Crippen LogP contribution in [0, 0.1) is 5.82 Å². The van der Waals surface area contributed by atoms with Gasteiger partial charge in [0.05, 0.1) is 17.9 Å². The van der Waals surface area contributed by atoms with Crippen molar-refractivity contribution in [2.75, 3.05) is 0 Å². The summed E-state index contributed by atoms with van der Waals surface area (Å²) in [5.74, 6) is -1.35. The van der Waals surface area contributed by atoms with Gasteiger partial charge in [-0.1, -0.05) is 6.07 Å². The third-order valence-electron chi connectivity index (χ3n) is 3.12. The molecule has 0 radical (unpaired) electrons. The van der Waals surface area contributed by atoms with Crippen LogP contribution in [0.5, 0.6) is 0 Å². The minimum atomic E-state index is -4.78. The van der Waals surface area contributed by atoms with Crippen LogP contribution in [0.4, 0.5) is 17.6 Å². The molecular formula is C14H14F4N2O. The number of rotatable bonds is 4. The lowest BCUT2D eigenvalue weighted by Gasteiger charge is -2.13. The minimum absolute atomic E-state index is 0.0213. The molecule has 1 N–H and O–H groups in total. The Hall–Kier alpha value is -1.89. The fourth-order valence-corrected chi connectivity index (χ4v) is 1.99. The van der Waals surface area contributed by atoms with Crippen molar-refractivity contribution in [2.45, 2.75) is 32.2 Å². The Morgan fingerprint density at radius 2 is 2.05 bits per heavy atom. The van der Waals surface area contributed by atoms with Crippen molar-refractivity contribution in [3.8, 4) is 0 Å². The Bertz CT molecular complexity index is 622. The van der Waals surface area contributed by atoms with Crippen LogP contribution in [0.1, 0.15) is 29.7 Å². The third kappa shape index (κ3) is 3.60. The zero-order chi connectivity index (χ0) is 15.6. The van der Waals surface area contributed by atoms with Crippen LogP contribution in [-0.2, 0) is 19.1 Å². The maximum Gasteiger partial charge on any atom is 0.419 e. The van der Waals surface area contributed by atoms with Crippen molar-refractivity contribution in [3.63, 3.8) is 0 Å². The van der Waals surface area contributed by atoms with E-state index >= 15 is 0 Å². The van der Waals surface area contributed by atoms with Crippen LogP contribution in [0.15, 0.2) is 30.6 Å². The molecule has 1 aromatic heterocycles. The van der Waals surface area contributed by atoms with Gasteiger partial charge in [0.1, 0.15) is 5.82 Å². The Kier molecular flexibility index (Phi) is 4.32. The summed E-state index contributed by atoms with van der Waals surface area (Å²) in [4.78, 5) is 0. The average molecular weight is 302 g/mol. The summed E-state index contributed by atoms with van der Waals surface area (Å²) in [6.45, 7) is 2.55. The molecule has 1 heterocycles. The van der Waals surface area contributed by atoms with E-state index in [-0.39, 0.29) is 12.0 Å². The first kappa shape index (κ1) is 15.5. The molecule has 0 aliphatic carbocycles. The van der Waals surface area contributed by atoms with E-state index in [2.05, 4.69) is 5.10 Å². The molecule has 0 spiro atoms. The second-order valence-corrected chi connectivity index (χ2v) is 4.66. The zero-order valence-electron chi connectivity index (χ0n) is 11.2. The predicted octanol–water partition coefficient (Wildman–Crippen LogP) is 3.34. The van der Waals surface area contributed by atoms with Gasteiger partial charge in [-0.05, 0) is 30.2 Å². The first-order valence-electron chi connectivity index (χ1n) is 6.37. The molecule has 0 saturated carbocycles. The summed E-state index contributed by atoms with van der Waals surface area (Å²) in [5.41, 5.74) is -0.654. The van der Waals surface area contributed by atoms with Crippen molar-refractivity contribution >= 4 is 0 Å². The van der Waals surface area contributed by atoms with Crippen LogP contribution in [-0.4, -0.2) is 14.9 Å². The van der Waals surface area contributed by atoms with Gasteiger partial charge in [0.15, 0.2) is 0 Å². The highest BCUT2D eigenvalue weighted by Crippen LogP contribution is 2.33. The molecule has 1 aromatic carbocycles. The Morgan fingerprint density at radius 3 is 2.62 bits per heavy atom.